The Hall–Kier alpha value is -1.35. The molecule has 0 spiro atoms. The second kappa shape index (κ2) is 7.29. The second-order valence-electron chi connectivity index (χ2n) is 5.47. The predicted octanol–water partition coefficient (Wildman–Crippen LogP) is 2.43. The fraction of sp³-hybridized carbons (Fsp3) is 0.562. The molecule has 104 valence electrons. The molecule has 0 unspecified atom stereocenters. The molecule has 3 N–H and O–H groups in total. The quantitative estimate of drug-likeness (QED) is 0.854. The average molecular weight is 260 g/mol. The number of hydrogen-bond acceptors (Lipinski definition) is 2. The van der Waals surface area contributed by atoms with Gasteiger partial charge in [-0.1, -0.05) is 30.3 Å². The van der Waals surface area contributed by atoms with Crippen LogP contribution in [0.15, 0.2) is 30.3 Å². The first-order valence-electron chi connectivity index (χ1n) is 7.31. The van der Waals surface area contributed by atoms with Crippen molar-refractivity contribution >= 4 is 5.91 Å². The Balaban J connectivity index is 1.75. The van der Waals surface area contributed by atoms with Gasteiger partial charge in [-0.05, 0) is 43.1 Å². The fourth-order valence-corrected chi connectivity index (χ4v) is 2.97. The molecule has 0 bridgehead atoms. The molecule has 1 aromatic carbocycles. The molecular weight excluding hydrogens is 236 g/mol. The molecule has 2 rings (SSSR count). The Kier molecular flexibility index (Phi) is 5.40. The lowest BCUT2D eigenvalue weighted by Crippen LogP contribution is -2.31. The van der Waals surface area contributed by atoms with E-state index in [1.807, 2.05) is 0 Å². The van der Waals surface area contributed by atoms with E-state index in [0.29, 0.717) is 31.3 Å². The molecular formula is C16H24N2O. The minimum absolute atomic E-state index is 0.161. The molecule has 19 heavy (non-hydrogen) atoms. The smallest absolute Gasteiger partial charge is 0.220 e. The number of rotatable bonds is 5. The molecule has 0 radical (unpaired) electrons. The van der Waals surface area contributed by atoms with Crippen LogP contribution in [0.2, 0.25) is 0 Å². The number of hydrogen-bond donors (Lipinski definition) is 2. The Labute approximate surface area is 115 Å². The van der Waals surface area contributed by atoms with Crippen LogP contribution in [0.1, 0.15) is 43.6 Å². The van der Waals surface area contributed by atoms with Gasteiger partial charge in [-0.2, -0.15) is 0 Å². The number of carbonyl (C=O) groups is 1. The highest BCUT2D eigenvalue weighted by molar-refractivity contribution is 5.76. The number of amides is 1. The van der Waals surface area contributed by atoms with Gasteiger partial charge in [-0.3, -0.25) is 4.79 Å². The summed E-state index contributed by atoms with van der Waals surface area (Å²) in [7, 11) is 0. The van der Waals surface area contributed by atoms with Crippen LogP contribution < -0.4 is 11.1 Å². The van der Waals surface area contributed by atoms with Gasteiger partial charge in [0.2, 0.25) is 5.91 Å². The number of nitrogens with one attached hydrogen (secondary N) is 1. The molecule has 1 aliphatic carbocycles. The van der Waals surface area contributed by atoms with Crippen LogP contribution in [0.4, 0.5) is 0 Å². The van der Waals surface area contributed by atoms with E-state index in [0.717, 1.165) is 12.8 Å². The largest absolute Gasteiger partial charge is 0.355 e. The monoisotopic (exact) mass is 260 g/mol. The van der Waals surface area contributed by atoms with E-state index >= 15 is 0 Å². The zero-order valence-electron chi connectivity index (χ0n) is 11.5. The third kappa shape index (κ3) is 4.35. The lowest BCUT2D eigenvalue weighted by molar-refractivity contribution is -0.122. The Morgan fingerprint density at radius 1 is 1.16 bits per heavy atom. The Morgan fingerprint density at radius 2 is 1.84 bits per heavy atom. The topological polar surface area (TPSA) is 55.1 Å². The summed E-state index contributed by atoms with van der Waals surface area (Å²) in [4.78, 5) is 11.7. The molecule has 1 aliphatic rings. The Morgan fingerprint density at radius 3 is 2.47 bits per heavy atom. The third-order valence-corrected chi connectivity index (χ3v) is 4.06. The van der Waals surface area contributed by atoms with Gasteiger partial charge in [0, 0.05) is 19.5 Å². The molecule has 1 aromatic rings. The normalized spacial score (nSPS) is 23.0. The van der Waals surface area contributed by atoms with Gasteiger partial charge in [0.15, 0.2) is 0 Å². The van der Waals surface area contributed by atoms with Gasteiger partial charge in [0.1, 0.15) is 0 Å². The van der Waals surface area contributed by atoms with Gasteiger partial charge in [-0.15, -0.1) is 0 Å². The molecule has 1 amide bonds. The average Bonchev–Trinajstić information content (AvgIpc) is 2.47. The zero-order valence-corrected chi connectivity index (χ0v) is 11.5. The van der Waals surface area contributed by atoms with Gasteiger partial charge in [0.25, 0.3) is 0 Å². The minimum atomic E-state index is 0.161. The van der Waals surface area contributed by atoms with Crippen molar-refractivity contribution in [1.29, 1.82) is 0 Å². The first kappa shape index (κ1) is 14.1. The summed E-state index contributed by atoms with van der Waals surface area (Å²) in [6, 6.07) is 10.7. The second-order valence-corrected chi connectivity index (χ2v) is 5.47. The molecule has 3 nitrogen and oxygen atoms in total. The summed E-state index contributed by atoms with van der Waals surface area (Å²) in [5.74, 6) is 1.40. The van der Waals surface area contributed by atoms with Crippen molar-refractivity contribution in [3.05, 3.63) is 35.9 Å². The van der Waals surface area contributed by atoms with Crippen LogP contribution in [0.3, 0.4) is 0 Å². The van der Waals surface area contributed by atoms with Crippen LogP contribution in [-0.2, 0) is 4.79 Å². The lowest BCUT2D eigenvalue weighted by Gasteiger charge is -2.28. The molecule has 3 heteroatoms. The van der Waals surface area contributed by atoms with Crippen LogP contribution in [0.25, 0.3) is 0 Å². The molecule has 0 heterocycles. The van der Waals surface area contributed by atoms with Crippen molar-refractivity contribution in [3.63, 3.8) is 0 Å². The zero-order chi connectivity index (χ0) is 13.5. The van der Waals surface area contributed by atoms with E-state index in [1.54, 1.807) is 0 Å². The molecule has 1 fully saturated rings. The van der Waals surface area contributed by atoms with E-state index < -0.39 is 0 Å². The van der Waals surface area contributed by atoms with Crippen LogP contribution in [-0.4, -0.2) is 19.0 Å². The summed E-state index contributed by atoms with van der Waals surface area (Å²) >= 11 is 0. The number of benzene rings is 1. The van der Waals surface area contributed by atoms with Crippen LogP contribution in [0.5, 0.6) is 0 Å². The van der Waals surface area contributed by atoms with Gasteiger partial charge >= 0.3 is 0 Å². The molecule has 0 saturated heterocycles. The van der Waals surface area contributed by atoms with Crippen LogP contribution in [0, 0.1) is 5.92 Å². The van der Waals surface area contributed by atoms with E-state index in [2.05, 4.69) is 35.6 Å². The van der Waals surface area contributed by atoms with E-state index in [1.165, 1.54) is 18.4 Å². The molecule has 0 aliphatic heterocycles. The SMILES string of the molecule is NCCNC(=O)CC1CCC(c2ccccc2)CC1. The third-order valence-electron chi connectivity index (χ3n) is 4.06. The van der Waals surface area contributed by atoms with Crippen molar-refractivity contribution in [3.8, 4) is 0 Å². The highest BCUT2D eigenvalue weighted by Gasteiger charge is 2.23. The van der Waals surface area contributed by atoms with E-state index in [4.69, 9.17) is 5.73 Å². The van der Waals surface area contributed by atoms with Crippen molar-refractivity contribution in [2.24, 2.45) is 11.7 Å². The van der Waals surface area contributed by atoms with E-state index in [-0.39, 0.29) is 5.91 Å². The summed E-state index contributed by atoms with van der Waals surface area (Å²) in [5, 5.41) is 2.86. The highest BCUT2D eigenvalue weighted by atomic mass is 16.1. The minimum Gasteiger partial charge on any atom is -0.355 e. The van der Waals surface area contributed by atoms with Gasteiger partial charge in [-0.25, -0.2) is 0 Å². The number of nitrogens with two attached hydrogens (primary N) is 1. The first-order valence-corrected chi connectivity index (χ1v) is 7.31. The first-order chi connectivity index (χ1) is 9.29. The summed E-state index contributed by atoms with van der Waals surface area (Å²) in [6.45, 7) is 1.12. The molecule has 0 atom stereocenters. The van der Waals surface area contributed by atoms with Crippen molar-refractivity contribution in [1.82, 2.24) is 5.32 Å². The van der Waals surface area contributed by atoms with Crippen LogP contribution >= 0.6 is 0 Å². The number of carbonyl (C=O) groups excluding carboxylic acids is 1. The molecule has 0 aromatic heterocycles. The van der Waals surface area contributed by atoms with Gasteiger partial charge in [0.05, 0.1) is 0 Å². The fourth-order valence-electron chi connectivity index (χ4n) is 2.97. The van der Waals surface area contributed by atoms with Crippen molar-refractivity contribution in [2.45, 2.75) is 38.0 Å². The van der Waals surface area contributed by atoms with Crippen molar-refractivity contribution < 1.29 is 4.79 Å². The summed E-state index contributed by atoms with van der Waals surface area (Å²) in [5.41, 5.74) is 6.83. The van der Waals surface area contributed by atoms with Gasteiger partial charge < -0.3 is 11.1 Å². The summed E-state index contributed by atoms with van der Waals surface area (Å²) < 4.78 is 0. The maximum Gasteiger partial charge on any atom is 0.220 e. The van der Waals surface area contributed by atoms with E-state index in [9.17, 15) is 4.79 Å². The maximum absolute atomic E-state index is 11.7. The van der Waals surface area contributed by atoms with Crippen molar-refractivity contribution in [2.75, 3.05) is 13.1 Å². The lowest BCUT2D eigenvalue weighted by atomic mass is 9.77. The standard InChI is InChI=1S/C16H24N2O/c17-10-11-18-16(19)12-13-6-8-15(9-7-13)14-4-2-1-3-5-14/h1-5,13,15H,6-12,17H2,(H,18,19). The predicted molar refractivity (Wildman–Crippen MR) is 77.8 cm³/mol. The molecule has 1 saturated carbocycles. The summed E-state index contributed by atoms with van der Waals surface area (Å²) in [6.07, 6.45) is 5.41. The Bertz CT molecular complexity index is 383. The highest BCUT2D eigenvalue weighted by Crippen LogP contribution is 2.36. The maximum atomic E-state index is 11.7.